The lowest BCUT2D eigenvalue weighted by Gasteiger charge is -2.36. The molecule has 0 spiro atoms. The molecule has 1 aliphatic heterocycles. The number of amides is 1. The average Bonchev–Trinajstić information content (AvgIpc) is 2.47. The van der Waals surface area contributed by atoms with Crippen LogP contribution in [0.2, 0.25) is 0 Å². The van der Waals surface area contributed by atoms with Crippen LogP contribution in [0.5, 0.6) is 0 Å². The highest BCUT2D eigenvalue weighted by Gasteiger charge is 2.37. The van der Waals surface area contributed by atoms with Crippen molar-refractivity contribution in [3.05, 3.63) is 35.9 Å². The van der Waals surface area contributed by atoms with E-state index in [-0.39, 0.29) is 5.91 Å². The van der Waals surface area contributed by atoms with E-state index in [9.17, 15) is 4.79 Å². The minimum Gasteiger partial charge on any atom is -0.378 e. The lowest BCUT2D eigenvalue weighted by atomic mass is 9.90. The summed E-state index contributed by atoms with van der Waals surface area (Å²) in [6.45, 7) is 4.52. The molecule has 1 aliphatic rings. The number of hydrogen-bond acceptors (Lipinski definition) is 3. The van der Waals surface area contributed by atoms with Crippen molar-refractivity contribution in [3.8, 4) is 0 Å². The van der Waals surface area contributed by atoms with Gasteiger partial charge in [-0.25, -0.2) is 0 Å². The fourth-order valence-corrected chi connectivity index (χ4v) is 2.23. The fraction of sp³-hybridized carbons (Fsp3) is 0.500. The van der Waals surface area contributed by atoms with Crippen LogP contribution in [0.4, 0.5) is 0 Å². The van der Waals surface area contributed by atoms with Crippen LogP contribution in [-0.2, 0) is 15.1 Å². The summed E-state index contributed by atoms with van der Waals surface area (Å²) in [6.07, 6.45) is 0. The van der Waals surface area contributed by atoms with Gasteiger partial charge >= 0.3 is 0 Å². The van der Waals surface area contributed by atoms with Crippen molar-refractivity contribution in [2.75, 3.05) is 33.4 Å². The van der Waals surface area contributed by atoms with Crippen molar-refractivity contribution in [1.82, 2.24) is 10.2 Å². The van der Waals surface area contributed by atoms with Gasteiger partial charge in [0.05, 0.1) is 13.2 Å². The Hall–Kier alpha value is -1.39. The summed E-state index contributed by atoms with van der Waals surface area (Å²) in [6, 6.07) is 9.83. The number of likely N-dealkylation sites (N-methyl/N-ethyl adjacent to an activating group) is 1. The Kier molecular flexibility index (Phi) is 3.99. The molecule has 1 heterocycles. The van der Waals surface area contributed by atoms with E-state index in [0.29, 0.717) is 26.3 Å². The maximum Gasteiger partial charge on any atom is 0.247 e. The van der Waals surface area contributed by atoms with E-state index < -0.39 is 5.54 Å². The van der Waals surface area contributed by atoms with Crippen molar-refractivity contribution in [2.45, 2.75) is 12.5 Å². The number of nitrogens with one attached hydrogen (secondary N) is 1. The first-order valence-corrected chi connectivity index (χ1v) is 6.30. The van der Waals surface area contributed by atoms with Crippen molar-refractivity contribution in [2.24, 2.45) is 0 Å². The molecule has 1 saturated heterocycles. The molecule has 1 aromatic carbocycles. The summed E-state index contributed by atoms with van der Waals surface area (Å²) in [5.74, 6) is 0.111. The first-order valence-electron chi connectivity index (χ1n) is 6.30. The predicted molar refractivity (Wildman–Crippen MR) is 70.3 cm³/mol. The third-order valence-corrected chi connectivity index (χ3v) is 3.58. The number of nitrogens with zero attached hydrogens (tertiary/aromatic N) is 1. The Morgan fingerprint density at radius 3 is 2.44 bits per heavy atom. The Morgan fingerprint density at radius 2 is 1.89 bits per heavy atom. The Labute approximate surface area is 108 Å². The van der Waals surface area contributed by atoms with E-state index in [2.05, 4.69) is 5.32 Å². The minimum atomic E-state index is -0.668. The lowest BCUT2D eigenvalue weighted by molar-refractivity contribution is -0.142. The van der Waals surface area contributed by atoms with Crippen LogP contribution in [0.1, 0.15) is 12.5 Å². The highest BCUT2D eigenvalue weighted by atomic mass is 16.5. The van der Waals surface area contributed by atoms with E-state index in [1.807, 2.05) is 49.2 Å². The van der Waals surface area contributed by atoms with Gasteiger partial charge in [0, 0.05) is 13.1 Å². The number of rotatable bonds is 3. The van der Waals surface area contributed by atoms with Gasteiger partial charge in [-0.2, -0.15) is 0 Å². The van der Waals surface area contributed by atoms with Crippen LogP contribution < -0.4 is 5.32 Å². The monoisotopic (exact) mass is 248 g/mol. The topological polar surface area (TPSA) is 41.6 Å². The molecule has 1 fully saturated rings. The number of benzene rings is 1. The average molecular weight is 248 g/mol. The van der Waals surface area contributed by atoms with Gasteiger partial charge in [-0.05, 0) is 19.5 Å². The third kappa shape index (κ3) is 2.40. The molecule has 0 aliphatic carbocycles. The van der Waals surface area contributed by atoms with Gasteiger partial charge in [-0.15, -0.1) is 0 Å². The molecule has 1 atom stereocenters. The van der Waals surface area contributed by atoms with E-state index in [4.69, 9.17) is 4.74 Å². The highest BCUT2D eigenvalue weighted by Crippen LogP contribution is 2.23. The molecule has 98 valence electrons. The molecule has 1 N–H and O–H groups in total. The molecular weight excluding hydrogens is 228 g/mol. The maximum absolute atomic E-state index is 12.7. The van der Waals surface area contributed by atoms with Crippen molar-refractivity contribution in [1.29, 1.82) is 0 Å². The smallest absolute Gasteiger partial charge is 0.247 e. The van der Waals surface area contributed by atoms with Crippen LogP contribution in [0.3, 0.4) is 0 Å². The van der Waals surface area contributed by atoms with Crippen molar-refractivity contribution >= 4 is 5.91 Å². The number of carbonyl (C=O) groups excluding carboxylic acids is 1. The van der Waals surface area contributed by atoms with E-state index in [1.54, 1.807) is 0 Å². The SMILES string of the molecule is CN[C@](C)(C(=O)N1CCOCC1)c1ccccc1. The van der Waals surface area contributed by atoms with Crippen LogP contribution in [0.15, 0.2) is 30.3 Å². The van der Waals surface area contributed by atoms with Crippen LogP contribution in [-0.4, -0.2) is 44.2 Å². The molecule has 0 radical (unpaired) electrons. The highest BCUT2D eigenvalue weighted by molar-refractivity contribution is 5.87. The number of morpholine rings is 1. The van der Waals surface area contributed by atoms with Crippen molar-refractivity contribution < 1.29 is 9.53 Å². The Morgan fingerprint density at radius 1 is 1.28 bits per heavy atom. The second-order valence-electron chi connectivity index (χ2n) is 4.65. The summed E-state index contributed by atoms with van der Waals surface area (Å²) in [4.78, 5) is 14.5. The fourth-order valence-electron chi connectivity index (χ4n) is 2.23. The van der Waals surface area contributed by atoms with E-state index in [0.717, 1.165) is 5.56 Å². The number of hydrogen-bond donors (Lipinski definition) is 1. The first kappa shape index (κ1) is 13.1. The van der Waals surface area contributed by atoms with Gasteiger partial charge in [-0.1, -0.05) is 30.3 Å². The lowest BCUT2D eigenvalue weighted by Crippen LogP contribution is -2.55. The summed E-state index contributed by atoms with van der Waals surface area (Å²) in [7, 11) is 1.82. The summed E-state index contributed by atoms with van der Waals surface area (Å²) in [5, 5.41) is 3.16. The summed E-state index contributed by atoms with van der Waals surface area (Å²) in [5.41, 5.74) is 0.322. The van der Waals surface area contributed by atoms with Crippen LogP contribution in [0.25, 0.3) is 0 Å². The Bertz CT molecular complexity index is 402. The molecule has 0 saturated carbocycles. The van der Waals surface area contributed by atoms with E-state index in [1.165, 1.54) is 0 Å². The third-order valence-electron chi connectivity index (χ3n) is 3.58. The van der Waals surface area contributed by atoms with Gasteiger partial charge in [0.1, 0.15) is 5.54 Å². The molecular formula is C14H20N2O2. The quantitative estimate of drug-likeness (QED) is 0.867. The van der Waals surface area contributed by atoms with E-state index >= 15 is 0 Å². The van der Waals surface area contributed by atoms with Crippen LogP contribution >= 0.6 is 0 Å². The molecule has 4 heteroatoms. The molecule has 1 aromatic rings. The zero-order valence-corrected chi connectivity index (χ0v) is 11.0. The van der Waals surface area contributed by atoms with Gasteiger partial charge in [-0.3, -0.25) is 4.79 Å². The largest absolute Gasteiger partial charge is 0.378 e. The molecule has 0 unspecified atom stereocenters. The summed E-state index contributed by atoms with van der Waals surface area (Å²) >= 11 is 0. The molecule has 0 aromatic heterocycles. The summed E-state index contributed by atoms with van der Waals surface area (Å²) < 4.78 is 5.29. The zero-order chi connectivity index (χ0) is 13.0. The van der Waals surface area contributed by atoms with Gasteiger partial charge < -0.3 is 15.0 Å². The first-order chi connectivity index (χ1) is 8.68. The number of carbonyl (C=O) groups is 1. The molecule has 1 amide bonds. The second-order valence-corrected chi connectivity index (χ2v) is 4.65. The second kappa shape index (κ2) is 5.50. The predicted octanol–water partition coefficient (Wildman–Crippen LogP) is 0.980. The van der Waals surface area contributed by atoms with Gasteiger partial charge in [0.2, 0.25) is 5.91 Å². The standard InChI is InChI=1S/C14H20N2O2/c1-14(15-2,12-6-4-3-5-7-12)13(17)16-8-10-18-11-9-16/h3-7,15H,8-11H2,1-2H3/t14-/m0/s1. The molecule has 4 nitrogen and oxygen atoms in total. The van der Waals surface area contributed by atoms with Crippen molar-refractivity contribution in [3.63, 3.8) is 0 Å². The molecule has 18 heavy (non-hydrogen) atoms. The van der Waals surface area contributed by atoms with Gasteiger partial charge in [0.25, 0.3) is 0 Å². The zero-order valence-electron chi connectivity index (χ0n) is 11.0. The minimum absolute atomic E-state index is 0.111. The van der Waals surface area contributed by atoms with Gasteiger partial charge in [0.15, 0.2) is 0 Å². The van der Waals surface area contributed by atoms with Crippen LogP contribution in [0, 0.1) is 0 Å². The molecule has 0 bridgehead atoms. The number of ether oxygens (including phenoxy) is 1. The Balaban J connectivity index is 2.23. The molecule has 2 rings (SSSR count). The normalized spacial score (nSPS) is 19.3. The maximum atomic E-state index is 12.7.